The van der Waals surface area contributed by atoms with Gasteiger partial charge in [-0.25, -0.2) is 0 Å². The highest BCUT2D eigenvalue weighted by Crippen LogP contribution is 2.21. The van der Waals surface area contributed by atoms with Gasteiger partial charge in [0.1, 0.15) is 42.3 Å². The third-order valence-corrected chi connectivity index (χ3v) is 11.3. The molecule has 4 rings (SSSR count). The number of rotatable bonds is 24. The zero-order valence-electron chi connectivity index (χ0n) is 38.7. The highest BCUT2D eigenvalue weighted by Gasteiger charge is 2.39. The van der Waals surface area contributed by atoms with Gasteiger partial charge in [-0.1, -0.05) is 62.4 Å². The number of para-hydroxylation sites is 1. The number of aliphatic imine (C=N–C) groups is 1. The number of likely N-dealkylation sites (tertiary alicyclic amines) is 1. The molecule has 7 amide bonds. The molecule has 2 aromatic carbocycles. The van der Waals surface area contributed by atoms with Crippen molar-refractivity contribution >= 4 is 64.2 Å². The second-order valence-corrected chi connectivity index (χ2v) is 17.3. The number of carboxylic acid groups (broad SMARTS) is 1. The summed E-state index contributed by atoms with van der Waals surface area (Å²) in [6.45, 7) is 8.21. The molecule has 1 fully saturated rings. The number of hydrogen-bond donors (Lipinski definition) is 11. The molecule has 3 aromatic rings. The van der Waals surface area contributed by atoms with E-state index in [4.69, 9.17) is 17.2 Å². The predicted octanol–water partition coefficient (Wildman–Crippen LogP) is -0.576. The number of benzene rings is 2. The van der Waals surface area contributed by atoms with Gasteiger partial charge in [0.25, 0.3) is 0 Å². The topological polar surface area (TPSA) is 338 Å². The van der Waals surface area contributed by atoms with Crippen LogP contribution in [0.1, 0.15) is 77.8 Å². The molecule has 0 bridgehead atoms. The molecule has 0 aliphatic carbocycles. The number of carbonyl (C=O) groups excluding carboxylic acids is 7. The minimum atomic E-state index is -1.28. The van der Waals surface area contributed by atoms with Crippen LogP contribution in [0.3, 0.4) is 0 Å². The largest absolute Gasteiger partial charge is 0.480 e. The van der Waals surface area contributed by atoms with Crippen LogP contribution in [0.2, 0.25) is 0 Å². The van der Waals surface area contributed by atoms with Crippen LogP contribution in [0, 0.1) is 5.92 Å². The summed E-state index contributed by atoms with van der Waals surface area (Å²) in [5.74, 6) is -6.14. The Balaban J connectivity index is 1.43. The molecule has 0 unspecified atom stereocenters. The second kappa shape index (κ2) is 25.0. The van der Waals surface area contributed by atoms with Crippen molar-refractivity contribution in [1.29, 1.82) is 0 Å². The molecule has 0 radical (unpaired) electrons. The van der Waals surface area contributed by atoms with E-state index in [1.807, 2.05) is 38.1 Å². The van der Waals surface area contributed by atoms with E-state index in [1.165, 1.54) is 25.7 Å². The molecule has 1 aliphatic rings. The number of nitrogens with zero attached hydrogens (tertiary/aromatic N) is 2. The molecule has 2 heterocycles. The number of nitrogens with two attached hydrogens (primary N) is 3. The lowest BCUT2D eigenvalue weighted by atomic mass is 10.00. The molecule has 1 aromatic heterocycles. The number of hydrogen-bond acceptors (Lipinski definition) is 10. The van der Waals surface area contributed by atoms with Crippen LogP contribution < -0.4 is 49.1 Å². The predicted molar refractivity (Wildman–Crippen MR) is 250 cm³/mol. The van der Waals surface area contributed by atoms with Gasteiger partial charge < -0.3 is 64.1 Å². The first-order valence-electron chi connectivity index (χ1n) is 22.5. The Hall–Kier alpha value is -7.03. The monoisotopic (exact) mass is 931 g/mol. The van der Waals surface area contributed by atoms with Crippen molar-refractivity contribution in [2.45, 2.75) is 128 Å². The average Bonchev–Trinajstić information content (AvgIpc) is 3.94. The number of carbonyl (C=O) groups is 8. The van der Waals surface area contributed by atoms with Crippen molar-refractivity contribution in [3.63, 3.8) is 0 Å². The Kier molecular flexibility index (Phi) is 19.7. The summed E-state index contributed by atoms with van der Waals surface area (Å²) in [6.07, 6.45) is 3.16. The standard InChI is InChI=1S/C46H66N12O9/c1-25(2)21-35(41(62)55-34(17-11-19-50-46(48)49)40(61)54-28(5)45(66)67)56-42(63)36(22-29-13-7-6-8-14-29)57-43(64)37-18-12-20-58(37)44(65)27(4)53-38(59)26(3)52-39(60)32(47)23-30-24-51-33-16-10-9-15-31(30)33/h6-10,13-16,24-28,32,34-37,51H,11-12,17-23,47H2,1-5H3,(H,52,60)(H,53,59)(H,54,61)(H,55,62)(H,56,63)(H,57,64)(H,66,67)(H4,48,49,50)/t26-,27-,28-,32-,34-,35-,36-,37-/m0/s1. The van der Waals surface area contributed by atoms with Gasteiger partial charge in [-0.15, -0.1) is 0 Å². The van der Waals surface area contributed by atoms with Crippen molar-refractivity contribution in [2.75, 3.05) is 13.1 Å². The number of nitrogens with one attached hydrogen (secondary N) is 7. The van der Waals surface area contributed by atoms with Crippen LogP contribution in [0.15, 0.2) is 65.8 Å². The maximum atomic E-state index is 14.2. The number of aromatic nitrogens is 1. The van der Waals surface area contributed by atoms with Gasteiger partial charge >= 0.3 is 5.97 Å². The molecule has 14 N–H and O–H groups in total. The van der Waals surface area contributed by atoms with Crippen molar-refractivity contribution < 1.29 is 43.5 Å². The molecule has 364 valence electrons. The number of guanidine groups is 1. The van der Waals surface area contributed by atoms with Crippen LogP contribution in [0.25, 0.3) is 10.9 Å². The molecule has 67 heavy (non-hydrogen) atoms. The first-order chi connectivity index (χ1) is 31.7. The average molecular weight is 931 g/mol. The van der Waals surface area contributed by atoms with Crippen molar-refractivity contribution in [3.05, 3.63) is 71.9 Å². The van der Waals surface area contributed by atoms with Crippen molar-refractivity contribution in [2.24, 2.45) is 28.1 Å². The van der Waals surface area contributed by atoms with Gasteiger partial charge in [-0.2, -0.15) is 0 Å². The lowest BCUT2D eigenvalue weighted by Crippen LogP contribution is -2.60. The van der Waals surface area contributed by atoms with Crippen LogP contribution in [-0.4, -0.2) is 130 Å². The van der Waals surface area contributed by atoms with E-state index in [1.54, 1.807) is 36.5 Å². The van der Waals surface area contributed by atoms with Crippen LogP contribution in [-0.2, 0) is 51.2 Å². The minimum Gasteiger partial charge on any atom is -0.480 e. The molecule has 0 saturated carbocycles. The third-order valence-electron chi connectivity index (χ3n) is 11.3. The summed E-state index contributed by atoms with van der Waals surface area (Å²) in [7, 11) is 0. The summed E-state index contributed by atoms with van der Waals surface area (Å²) in [6, 6.07) is 7.47. The Morgan fingerprint density at radius 3 is 2.01 bits per heavy atom. The Morgan fingerprint density at radius 1 is 0.731 bits per heavy atom. The maximum Gasteiger partial charge on any atom is 0.325 e. The number of H-pyrrole nitrogens is 1. The summed E-state index contributed by atoms with van der Waals surface area (Å²) in [5.41, 5.74) is 19.5. The van der Waals surface area contributed by atoms with E-state index in [9.17, 15) is 43.5 Å². The third kappa shape index (κ3) is 15.8. The summed E-state index contributed by atoms with van der Waals surface area (Å²) >= 11 is 0. The van der Waals surface area contributed by atoms with E-state index in [0.717, 1.165) is 16.5 Å². The maximum absolute atomic E-state index is 14.2. The zero-order valence-corrected chi connectivity index (χ0v) is 38.7. The fourth-order valence-corrected chi connectivity index (χ4v) is 7.69. The second-order valence-electron chi connectivity index (χ2n) is 17.3. The first-order valence-corrected chi connectivity index (χ1v) is 22.5. The highest BCUT2D eigenvalue weighted by molar-refractivity contribution is 5.98. The normalized spacial score (nSPS) is 16.6. The molecular formula is C46H66N12O9. The smallest absolute Gasteiger partial charge is 0.325 e. The van der Waals surface area contributed by atoms with E-state index in [-0.39, 0.29) is 63.5 Å². The van der Waals surface area contributed by atoms with Gasteiger partial charge in [-0.3, -0.25) is 43.3 Å². The van der Waals surface area contributed by atoms with Crippen LogP contribution >= 0.6 is 0 Å². The van der Waals surface area contributed by atoms with Gasteiger partial charge in [0.15, 0.2) is 5.96 Å². The van der Waals surface area contributed by atoms with E-state index >= 15 is 0 Å². The Labute approximate surface area is 389 Å². The van der Waals surface area contributed by atoms with Gasteiger partial charge in [0, 0.05) is 36.6 Å². The molecule has 21 heteroatoms. The Bertz CT molecular complexity index is 2250. The van der Waals surface area contributed by atoms with E-state index in [2.05, 4.69) is 41.9 Å². The first kappa shape index (κ1) is 52.6. The van der Waals surface area contributed by atoms with Crippen LogP contribution in [0.5, 0.6) is 0 Å². The van der Waals surface area contributed by atoms with Crippen LogP contribution in [0.4, 0.5) is 0 Å². The Morgan fingerprint density at radius 2 is 1.34 bits per heavy atom. The number of amides is 7. The fourth-order valence-electron chi connectivity index (χ4n) is 7.69. The summed E-state index contributed by atoms with van der Waals surface area (Å²) in [4.78, 5) is 115. The zero-order chi connectivity index (χ0) is 49.4. The quantitative estimate of drug-likeness (QED) is 0.0306. The molecule has 0 spiro atoms. The SMILES string of the molecule is CC(C)C[C@H](NC(=O)[C@H](Cc1ccccc1)NC(=O)[C@@H]1CCCN1C(=O)[C@H](C)NC(=O)[C@H](C)NC(=O)[C@@H](N)Cc1c[nH]c2ccccc12)C(=O)N[C@@H](CCCN=C(N)N)C(=O)N[C@@H](C)C(=O)O. The number of aliphatic carboxylic acids is 1. The molecule has 8 atom stereocenters. The van der Waals surface area contributed by atoms with Gasteiger partial charge in [0.05, 0.1) is 6.04 Å². The molecule has 21 nitrogen and oxygen atoms in total. The van der Waals surface area contributed by atoms with Gasteiger partial charge in [-0.05, 0) is 82.4 Å². The van der Waals surface area contributed by atoms with Gasteiger partial charge in [0.2, 0.25) is 41.4 Å². The van der Waals surface area contributed by atoms with E-state index < -0.39 is 95.7 Å². The fraction of sp³-hybridized carbons (Fsp3) is 0.500. The molecule has 1 saturated heterocycles. The lowest BCUT2D eigenvalue weighted by molar-refractivity contribution is -0.142. The van der Waals surface area contributed by atoms with Crippen molar-refractivity contribution in [3.8, 4) is 0 Å². The lowest BCUT2D eigenvalue weighted by Gasteiger charge is -2.30. The number of carboxylic acids is 1. The van der Waals surface area contributed by atoms with E-state index in [0.29, 0.717) is 12.0 Å². The minimum absolute atomic E-state index is 0.0134. The molecule has 1 aliphatic heterocycles. The van der Waals surface area contributed by atoms with Crippen molar-refractivity contribution in [1.82, 2.24) is 41.8 Å². The summed E-state index contributed by atoms with van der Waals surface area (Å²) < 4.78 is 0. The number of aromatic amines is 1. The number of fused-ring (bicyclic) bond motifs is 1. The highest BCUT2D eigenvalue weighted by atomic mass is 16.4. The summed E-state index contributed by atoms with van der Waals surface area (Å²) in [5, 5.41) is 26.1. The molecular weight excluding hydrogens is 865 g/mol.